The van der Waals surface area contributed by atoms with Gasteiger partial charge in [0.05, 0.1) is 15.7 Å². The third kappa shape index (κ3) is 6.78. The zero-order valence-corrected chi connectivity index (χ0v) is 31.4. The van der Waals surface area contributed by atoms with Crippen LogP contribution in [0, 0.1) is 6.92 Å². The molecule has 0 aliphatic rings. The van der Waals surface area contributed by atoms with Crippen LogP contribution in [0.15, 0.2) is 158 Å². The highest BCUT2D eigenvalue weighted by molar-refractivity contribution is 7.21. The van der Waals surface area contributed by atoms with Crippen molar-refractivity contribution in [3.8, 4) is 44.7 Å². The Morgan fingerprint density at radius 2 is 1.35 bits per heavy atom. The van der Waals surface area contributed by atoms with Gasteiger partial charge < -0.3 is 4.57 Å². The van der Waals surface area contributed by atoms with Crippen molar-refractivity contribution in [1.29, 1.82) is 0 Å². The number of para-hydroxylation sites is 1. The summed E-state index contributed by atoms with van der Waals surface area (Å²) in [5.74, 6) is 1.92. The van der Waals surface area contributed by atoms with Crippen molar-refractivity contribution >= 4 is 57.0 Å². The average molecular weight is 716 g/mol. The van der Waals surface area contributed by atoms with Crippen LogP contribution >= 0.6 is 11.3 Å². The Balaban J connectivity index is 1.17. The molecule has 7 heteroatoms. The molecule has 54 heavy (non-hydrogen) atoms. The van der Waals surface area contributed by atoms with Crippen LogP contribution in [0.25, 0.3) is 83.1 Å². The molecule has 0 bridgehead atoms. The van der Waals surface area contributed by atoms with Crippen molar-refractivity contribution in [2.75, 3.05) is 0 Å². The number of aromatic nitrogens is 5. The molecule has 0 saturated heterocycles. The predicted molar refractivity (Wildman–Crippen MR) is 232 cm³/mol. The zero-order chi connectivity index (χ0) is 37.0. The Bertz CT molecular complexity index is 2680. The number of nitrogens with zero attached hydrogens (tertiary/aromatic N) is 5. The van der Waals surface area contributed by atoms with Gasteiger partial charge in [-0.1, -0.05) is 134 Å². The minimum atomic E-state index is 0.633. The molecule has 260 valence electrons. The van der Waals surface area contributed by atoms with E-state index in [-0.39, 0.29) is 0 Å². The summed E-state index contributed by atoms with van der Waals surface area (Å²) in [4.78, 5) is 19.8. The van der Waals surface area contributed by atoms with E-state index >= 15 is 0 Å². The fourth-order valence-corrected chi connectivity index (χ4v) is 7.88. The second-order valence-electron chi connectivity index (χ2n) is 13.0. The number of rotatable bonds is 10. The first-order valence-electron chi connectivity index (χ1n) is 18.2. The fourth-order valence-electron chi connectivity index (χ4n) is 6.88. The van der Waals surface area contributed by atoms with Gasteiger partial charge in [-0.25, -0.2) is 19.9 Å². The molecule has 0 atom stereocenters. The molecule has 5 aromatic carbocycles. The third-order valence-corrected chi connectivity index (χ3v) is 10.7. The Hall–Kier alpha value is -6.44. The predicted octanol–water partition coefficient (Wildman–Crippen LogP) is 12.0. The quantitative estimate of drug-likeness (QED) is 0.104. The van der Waals surface area contributed by atoms with Crippen LogP contribution in [-0.4, -0.2) is 31.8 Å². The molecule has 0 spiro atoms. The molecule has 0 N–H and O–H groups in total. The van der Waals surface area contributed by atoms with Crippen molar-refractivity contribution in [3.63, 3.8) is 0 Å². The van der Waals surface area contributed by atoms with Gasteiger partial charge in [-0.15, -0.1) is 11.3 Å². The number of allylic oxidation sites excluding steroid dienone is 5. The summed E-state index contributed by atoms with van der Waals surface area (Å²) < 4.78 is 3.38. The van der Waals surface area contributed by atoms with E-state index in [0.29, 0.717) is 17.5 Å². The topological polar surface area (TPSA) is 56.5 Å². The molecule has 0 unspecified atom stereocenters. The molecule has 0 saturated carbocycles. The lowest BCUT2D eigenvalue weighted by Crippen LogP contribution is -1.99. The number of fused-ring (bicyclic) bond motifs is 2. The van der Waals surface area contributed by atoms with Crippen LogP contribution in [-0.2, 0) is 0 Å². The van der Waals surface area contributed by atoms with Gasteiger partial charge in [-0.05, 0) is 61.9 Å². The summed E-state index contributed by atoms with van der Waals surface area (Å²) in [5, 5.41) is 2.19. The van der Waals surface area contributed by atoms with E-state index in [2.05, 4.69) is 110 Å². The summed E-state index contributed by atoms with van der Waals surface area (Å²) in [6, 6.07) is 43.8. The molecule has 5 nitrogen and oxygen atoms in total. The van der Waals surface area contributed by atoms with Crippen LogP contribution in [0.2, 0.25) is 6.82 Å². The van der Waals surface area contributed by atoms with E-state index < -0.39 is 0 Å². The summed E-state index contributed by atoms with van der Waals surface area (Å²) in [6.07, 6.45) is 10.5. The van der Waals surface area contributed by atoms with Crippen LogP contribution < -0.4 is 0 Å². The maximum atomic E-state index is 5.09. The van der Waals surface area contributed by atoms with E-state index in [1.54, 1.807) is 11.3 Å². The van der Waals surface area contributed by atoms with Crippen LogP contribution in [0.3, 0.4) is 0 Å². The van der Waals surface area contributed by atoms with Gasteiger partial charge >= 0.3 is 0 Å². The Morgan fingerprint density at radius 3 is 2.02 bits per heavy atom. The minimum absolute atomic E-state index is 0.633. The zero-order valence-electron chi connectivity index (χ0n) is 30.6. The lowest BCUT2D eigenvalue weighted by atomic mass is 9.68. The van der Waals surface area contributed by atoms with E-state index in [4.69, 9.17) is 19.9 Å². The second-order valence-corrected chi connectivity index (χ2v) is 14.0. The second kappa shape index (κ2) is 15.3. The molecule has 8 rings (SSSR count). The van der Waals surface area contributed by atoms with E-state index in [1.165, 1.54) is 33.2 Å². The first-order chi connectivity index (χ1) is 26.5. The standard InChI is InChI=1S/C47H38BN5S/c1-5-7-23-37(6-2)53-31(3)39(38-24-14-15-25-42(38)53)30-40(48-4)34-21-16-22-36(28-34)47-49-41-27-26-35(29-43(41)54-47)46-51-44(32-17-10-8-11-18-32)50-45(52-46)33-19-12-9-13-20-33/h5-30,48H,2H2,1,3-4H3/b7-5-,37-23+,40-30-. The highest BCUT2D eigenvalue weighted by Crippen LogP contribution is 2.36. The Labute approximate surface area is 320 Å². The van der Waals surface area contributed by atoms with Crippen molar-refractivity contribution < 1.29 is 0 Å². The molecular weight excluding hydrogens is 677 g/mol. The highest BCUT2D eigenvalue weighted by atomic mass is 32.1. The number of hydrogen-bond donors (Lipinski definition) is 0. The monoisotopic (exact) mass is 715 g/mol. The van der Waals surface area contributed by atoms with Crippen LogP contribution in [0.1, 0.15) is 23.7 Å². The summed E-state index contributed by atoms with van der Waals surface area (Å²) in [5.41, 5.74) is 11.9. The molecule has 0 aliphatic carbocycles. The van der Waals surface area contributed by atoms with E-state index in [1.807, 2.05) is 79.7 Å². The first kappa shape index (κ1) is 34.6. The van der Waals surface area contributed by atoms with Gasteiger partial charge in [-0.2, -0.15) is 0 Å². The summed E-state index contributed by atoms with van der Waals surface area (Å²) >= 11 is 1.69. The normalized spacial score (nSPS) is 12.2. The van der Waals surface area contributed by atoms with Gasteiger partial charge in [0.15, 0.2) is 24.8 Å². The Kier molecular flexibility index (Phi) is 9.80. The van der Waals surface area contributed by atoms with Crippen molar-refractivity contribution in [3.05, 3.63) is 175 Å². The summed E-state index contributed by atoms with van der Waals surface area (Å²) in [7, 11) is 0.885. The number of hydrogen-bond acceptors (Lipinski definition) is 5. The van der Waals surface area contributed by atoms with E-state index in [9.17, 15) is 0 Å². The SMILES string of the molecule is C=C/C(=C\C=C/C)n1c(C)c(/C=C(\BC)c2cccc(-c3nc4ccc(-c5nc(-c6ccccc6)nc(-c6ccccc6)n5)cc4s3)c2)c2ccccc21. The van der Waals surface area contributed by atoms with Crippen LogP contribution in [0.4, 0.5) is 0 Å². The molecule has 8 aromatic rings. The van der Waals surface area contributed by atoms with Gasteiger partial charge in [0, 0.05) is 44.6 Å². The molecule has 3 heterocycles. The van der Waals surface area contributed by atoms with Gasteiger partial charge in [0.25, 0.3) is 0 Å². The molecule has 0 radical (unpaired) electrons. The van der Waals surface area contributed by atoms with Crippen LogP contribution in [0.5, 0.6) is 0 Å². The maximum absolute atomic E-state index is 5.09. The first-order valence-corrected chi connectivity index (χ1v) is 19.0. The average Bonchev–Trinajstić information content (AvgIpc) is 3.79. The molecule has 0 fully saturated rings. The fraction of sp³-hybridized carbons (Fsp3) is 0.0638. The third-order valence-electron chi connectivity index (χ3n) is 9.61. The number of thiazole rings is 1. The molecule has 0 aliphatic heterocycles. The van der Waals surface area contributed by atoms with Gasteiger partial charge in [0.2, 0.25) is 0 Å². The van der Waals surface area contributed by atoms with Gasteiger partial charge in [-0.3, -0.25) is 0 Å². The lowest BCUT2D eigenvalue weighted by molar-refractivity contribution is 1.07. The molecule has 3 aromatic heterocycles. The highest BCUT2D eigenvalue weighted by Gasteiger charge is 2.17. The van der Waals surface area contributed by atoms with Crippen molar-refractivity contribution in [2.24, 2.45) is 0 Å². The van der Waals surface area contributed by atoms with Crippen molar-refractivity contribution in [1.82, 2.24) is 24.5 Å². The molecular formula is C47H38BN5S. The van der Waals surface area contributed by atoms with Gasteiger partial charge in [0.1, 0.15) is 5.01 Å². The Morgan fingerprint density at radius 1 is 0.704 bits per heavy atom. The minimum Gasteiger partial charge on any atom is -0.313 e. The number of benzene rings is 5. The molecule has 0 amide bonds. The largest absolute Gasteiger partial charge is 0.313 e. The maximum Gasteiger partial charge on any atom is 0.164 e. The summed E-state index contributed by atoms with van der Waals surface area (Å²) in [6.45, 7) is 10.6. The smallest absolute Gasteiger partial charge is 0.164 e. The van der Waals surface area contributed by atoms with E-state index in [0.717, 1.165) is 50.5 Å². The lowest BCUT2D eigenvalue weighted by Gasteiger charge is -2.10. The van der Waals surface area contributed by atoms with Crippen molar-refractivity contribution in [2.45, 2.75) is 20.7 Å².